The van der Waals surface area contributed by atoms with E-state index >= 15 is 0 Å². The average Bonchev–Trinajstić information content (AvgIpc) is 2.62. The smallest absolute Gasteiger partial charge is 0.121 e. The first-order valence-corrected chi connectivity index (χ1v) is 9.15. The van der Waals surface area contributed by atoms with Crippen molar-refractivity contribution in [1.29, 1.82) is 0 Å². The van der Waals surface area contributed by atoms with Crippen molar-refractivity contribution >= 4 is 0 Å². The Kier molecular flexibility index (Phi) is 5.13. The summed E-state index contributed by atoms with van der Waals surface area (Å²) in [7, 11) is 0. The number of hydrogen-bond donors (Lipinski definition) is 3. The Morgan fingerprint density at radius 1 is 0.667 bits per heavy atom. The van der Waals surface area contributed by atoms with Gasteiger partial charge in [-0.25, -0.2) is 0 Å². The molecule has 0 saturated carbocycles. The molecule has 3 nitrogen and oxygen atoms in total. The van der Waals surface area contributed by atoms with Gasteiger partial charge in [0.15, 0.2) is 0 Å². The Hall–Kier alpha value is -2.94. The van der Waals surface area contributed by atoms with Gasteiger partial charge in [0, 0.05) is 5.92 Å². The van der Waals surface area contributed by atoms with Crippen molar-refractivity contribution in [2.45, 2.75) is 40.0 Å². The molecular weight excluding hydrogens is 336 g/mol. The summed E-state index contributed by atoms with van der Waals surface area (Å²) in [5, 5.41) is 30.6. The highest BCUT2D eigenvalue weighted by Gasteiger charge is 2.20. The van der Waals surface area contributed by atoms with Crippen molar-refractivity contribution in [2.75, 3.05) is 0 Å². The van der Waals surface area contributed by atoms with Gasteiger partial charge in [-0.3, -0.25) is 0 Å². The Bertz CT molecular complexity index is 885. The zero-order chi connectivity index (χ0) is 19.7. The Balaban J connectivity index is 2.16. The second kappa shape index (κ2) is 7.36. The van der Waals surface area contributed by atoms with E-state index in [1.54, 1.807) is 6.07 Å². The van der Waals surface area contributed by atoms with Crippen LogP contribution in [0.2, 0.25) is 0 Å². The molecule has 0 atom stereocenters. The molecule has 3 rings (SSSR count). The molecule has 0 radical (unpaired) electrons. The molecule has 0 aromatic heterocycles. The molecule has 27 heavy (non-hydrogen) atoms. The lowest BCUT2D eigenvalue weighted by atomic mass is 9.83. The second-order valence-electron chi connectivity index (χ2n) is 7.39. The molecule has 0 aliphatic heterocycles. The molecule has 0 aliphatic rings. The molecule has 3 heteroatoms. The molecule has 0 saturated heterocycles. The molecule has 140 valence electrons. The van der Waals surface area contributed by atoms with Crippen LogP contribution in [-0.2, 0) is 6.42 Å². The maximum atomic E-state index is 10.3. The third-order valence-electron chi connectivity index (χ3n) is 5.25. The van der Waals surface area contributed by atoms with Gasteiger partial charge in [-0.15, -0.1) is 0 Å². The van der Waals surface area contributed by atoms with E-state index in [1.807, 2.05) is 70.2 Å². The highest BCUT2D eigenvalue weighted by molar-refractivity contribution is 5.50. The molecule has 0 unspecified atom stereocenters. The topological polar surface area (TPSA) is 60.7 Å². The van der Waals surface area contributed by atoms with E-state index in [1.165, 1.54) is 0 Å². The Morgan fingerprint density at radius 2 is 1.07 bits per heavy atom. The van der Waals surface area contributed by atoms with Crippen LogP contribution in [0.15, 0.2) is 48.5 Å². The minimum atomic E-state index is -0.00528. The molecule has 3 aromatic carbocycles. The normalized spacial score (nSPS) is 11.1. The van der Waals surface area contributed by atoms with Crippen LogP contribution in [0.3, 0.4) is 0 Å². The van der Waals surface area contributed by atoms with Crippen LogP contribution >= 0.6 is 0 Å². The highest BCUT2D eigenvalue weighted by Crippen LogP contribution is 2.37. The summed E-state index contributed by atoms with van der Waals surface area (Å²) in [6, 6.07) is 15.4. The molecule has 0 spiro atoms. The van der Waals surface area contributed by atoms with Gasteiger partial charge in [0.1, 0.15) is 17.2 Å². The summed E-state index contributed by atoms with van der Waals surface area (Å²) < 4.78 is 0. The van der Waals surface area contributed by atoms with Gasteiger partial charge < -0.3 is 15.3 Å². The number of para-hydroxylation sites is 1. The fourth-order valence-electron chi connectivity index (χ4n) is 3.71. The average molecular weight is 362 g/mol. The van der Waals surface area contributed by atoms with Gasteiger partial charge in [-0.05, 0) is 79.1 Å². The molecule has 0 bridgehead atoms. The molecule has 0 fully saturated rings. The van der Waals surface area contributed by atoms with Gasteiger partial charge in [-0.1, -0.05) is 42.5 Å². The van der Waals surface area contributed by atoms with E-state index in [9.17, 15) is 15.3 Å². The van der Waals surface area contributed by atoms with Crippen molar-refractivity contribution in [3.8, 4) is 17.2 Å². The van der Waals surface area contributed by atoms with Crippen molar-refractivity contribution in [1.82, 2.24) is 0 Å². The maximum absolute atomic E-state index is 10.3. The lowest BCUT2D eigenvalue weighted by Gasteiger charge is -2.22. The maximum Gasteiger partial charge on any atom is 0.121 e. The third kappa shape index (κ3) is 3.77. The Morgan fingerprint density at radius 3 is 1.48 bits per heavy atom. The number of aryl methyl sites for hydroxylation is 4. The SMILES string of the molecule is Cc1cc(C(Cc2ccccc2O)c2cc(C)c(O)c(C)c2)cc(C)c1O. The molecule has 0 heterocycles. The van der Waals surface area contributed by atoms with Crippen LogP contribution in [0.5, 0.6) is 17.2 Å². The van der Waals surface area contributed by atoms with Crippen molar-refractivity contribution in [3.05, 3.63) is 87.5 Å². The first-order chi connectivity index (χ1) is 12.8. The number of hydrogen-bond acceptors (Lipinski definition) is 3. The van der Waals surface area contributed by atoms with Crippen LogP contribution in [0.1, 0.15) is 44.9 Å². The fourth-order valence-corrected chi connectivity index (χ4v) is 3.71. The van der Waals surface area contributed by atoms with E-state index in [0.29, 0.717) is 17.9 Å². The summed E-state index contributed by atoms with van der Waals surface area (Å²) >= 11 is 0. The minimum Gasteiger partial charge on any atom is -0.508 e. The van der Waals surface area contributed by atoms with Crippen LogP contribution in [0.4, 0.5) is 0 Å². The van der Waals surface area contributed by atoms with Gasteiger partial charge >= 0.3 is 0 Å². The third-order valence-corrected chi connectivity index (χ3v) is 5.25. The first kappa shape index (κ1) is 18.8. The number of phenols is 3. The largest absolute Gasteiger partial charge is 0.508 e. The molecule has 3 aromatic rings. The van der Waals surface area contributed by atoms with Gasteiger partial charge in [0.2, 0.25) is 0 Å². The van der Waals surface area contributed by atoms with E-state index in [4.69, 9.17) is 0 Å². The summed E-state index contributed by atoms with van der Waals surface area (Å²) in [6.45, 7) is 7.60. The lowest BCUT2D eigenvalue weighted by molar-refractivity contribution is 0.463. The molecule has 0 aliphatic carbocycles. The van der Waals surface area contributed by atoms with Gasteiger partial charge in [0.05, 0.1) is 0 Å². The van der Waals surface area contributed by atoms with Gasteiger partial charge in [0.25, 0.3) is 0 Å². The molecular formula is C24H26O3. The Labute approximate surface area is 160 Å². The summed E-state index contributed by atoms with van der Waals surface area (Å²) in [6.07, 6.45) is 0.625. The summed E-state index contributed by atoms with van der Waals surface area (Å²) in [5.41, 5.74) is 6.36. The zero-order valence-corrected chi connectivity index (χ0v) is 16.2. The monoisotopic (exact) mass is 362 g/mol. The number of aromatic hydroxyl groups is 3. The van der Waals surface area contributed by atoms with Crippen molar-refractivity contribution < 1.29 is 15.3 Å². The van der Waals surface area contributed by atoms with Crippen molar-refractivity contribution in [2.24, 2.45) is 0 Å². The second-order valence-corrected chi connectivity index (χ2v) is 7.39. The fraction of sp³-hybridized carbons (Fsp3) is 0.250. The zero-order valence-electron chi connectivity index (χ0n) is 16.2. The van der Waals surface area contributed by atoms with E-state index in [0.717, 1.165) is 38.9 Å². The summed E-state index contributed by atoms with van der Waals surface area (Å²) in [4.78, 5) is 0. The van der Waals surface area contributed by atoms with Crippen molar-refractivity contribution in [3.63, 3.8) is 0 Å². The number of rotatable bonds is 4. The number of phenolic OH excluding ortho intramolecular Hbond substituents is 3. The van der Waals surface area contributed by atoms with Gasteiger partial charge in [-0.2, -0.15) is 0 Å². The highest BCUT2D eigenvalue weighted by atomic mass is 16.3. The van der Waals surface area contributed by atoms with Crippen LogP contribution in [0.25, 0.3) is 0 Å². The quantitative estimate of drug-likeness (QED) is 0.581. The molecule has 0 amide bonds. The van der Waals surface area contributed by atoms with E-state index in [2.05, 4.69) is 0 Å². The lowest BCUT2D eigenvalue weighted by Crippen LogP contribution is -2.07. The van der Waals surface area contributed by atoms with E-state index in [-0.39, 0.29) is 11.7 Å². The van der Waals surface area contributed by atoms with Crippen LogP contribution in [-0.4, -0.2) is 15.3 Å². The summed E-state index contributed by atoms with van der Waals surface area (Å²) in [5.74, 6) is 0.910. The first-order valence-electron chi connectivity index (χ1n) is 9.15. The minimum absolute atomic E-state index is 0.00528. The molecule has 3 N–H and O–H groups in total. The number of benzene rings is 3. The standard InChI is InChI=1S/C24H26O3/c1-14-9-19(10-15(2)23(14)26)21(13-18-7-5-6-8-22(18)25)20-11-16(3)24(27)17(4)12-20/h5-12,21,25-27H,13H2,1-4H3. The van der Waals surface area contributed by atoms with E-state index < -0.39 is 0 Å². The van der Waals surface area contributed by atoms with Crippen LogP contribution in [0, 0.1) is 27.7 Å². The predicted molar refractivity (Wildman–Crippen MR) is 109 cm³/mol. The van der Waals surface area contributed by atoms with Crippen LogP contribution < -0.4 is 0 Å². The predicted octanol–water partition coefficient (Wildman–Crippen LogP) is 5.41.